The molecule has 1 rings (SSSR count). The van der Waals surface area contributed by atoms with Crippen LogP contribution in [-0.4, -0.2) is 35.8 Å². The Kier molecular flexibility index (Phi) is 5.90. The van der Waals surface area contributed by atoms with Gasteiger partial charge in [0.05, 0.1) is 6.10 Å². The minimum atomic E-state index is -0.134. The zero-order valence-corrected chi connectivity index (χ0v) is 10.1. The summed E-state index contributed by atoms with van der Waals surface area (Å²) in [5, 5.41) is 13.4. The van der Waals surface area contributed by atoms with Crippen LogP contribution in [-0.2, 0) is 0 Å². The van der Waals surface area contributed by atoms with Crippen LogP contribution in [0.1, 0.15) is 32.6 Å². The molecule has 3 atom stereocenters. The first kappa shape index (κ1) is 12.3. The molecule has 3 heteroatoms. The Bertz CT molecular complexity index is 154. The smallest absolute Gasteiger partial charge is 0.0693 e. The van der Waals surface area contributed by atoms with Gasteiger partial charge in [0.2, 0.25) is 0 Å². The summed E-state index contributed by atoms with van der Waals surface area (Å²) in [4.78, 5) is 0. The van der Waals surface area contributed by atoms with Gasteiger partial charge in [-0.2, -0.15) is 11.8 Å². The number of hydrogen-bond acceptors (Lipinski definition) is 3. The second kappa shape index (κ2) is 6.70. The van der Waals surface area contributed by atoms with Gasteiger partial charge in [-0.3, -0.25) is 0 Å². The van der Waals surface area contributed by atoms with Gasteiger partial charge in [0.15, 0.2) is 0 Å². The molecule has 0 aromatic rings. The number of rotatable bonds is 5. The standard InChI is InChI=1S/C11H23NOS/c1-9-5-6-12-10(8-9)11(13)4-3-7-14-2/h9-13H,3-8H2,1-2H3. The van der Waals surface area contributed by atoms with Gasteiger partial charge >= 0.3 is 0 Å². The van der Waals surface area contributed by atoms with Gasteiger partial charge in [0.25, 0.3) is 0 Å². The quantitative estimate of drug-likeness (QED) is 0.690. The minimum absolute atomic E-state index is 0.134. The highest BCUT2D eigenvalue weighted by Crippen LogP contribution is 2.19. The second-order valence-electron chi connectivity index (χ2n) is 4.39. The van der Waals surface area contributed by atoms with Crippen LogP contribution in [0.5, 0.6) is 0 Å². The molecule has 0 saturated carbocycles. The van der Waals surface area contributed by atoms with Gasteiger partial charge in [-0.25, -0.2) is 0 Å². The molecule has 3 unspecified atom stereocenters. The van der Waals surface area contributed by atoms with E-state index in [2.05, 4.69) is 18.5 Å². The summed E-state index contributed by atoms with van der Waals surface area (Å²) in [6, 6.07) is 0.348. The number of nitrogens with one attached hydrogen (secondary N) is 1. The molecule has 0 spiro atoms. The summed E-state index contributed by atoms with van der Waals surface area (Å²) in [5.41, 5.74) is 0. The van der Waals surface area contributed by atoms with E-state index in [1.807, 2.05) is 11.8 Å². The van der Waals surface area contributed by atoms with Gasteiger partial charge < -0.3 is 10.4 Å². The van der Waals surface area contributed by atoms with Gasteiger partial charge in [-0.15, -0.1) is 0 Å². The van der Waals surface area contributed by atoms with E-state index < -0.39 is 0 Å². The Hall–Kier alpha value is 0.270. The van der Waals surface area contributed by atoms with E-state index in [9.17, 15) is 5.11 Å². The van der Waals surface area contributed by atoms with Crippen molar-refractivity contribution in [2.75, 3.05) is 18.6 Å². The number of piperidine rings is 1. The molecule has 0 radical (unpaired) electrons. The molecule has 0 aliphatic carbocycles. The number of thioether (sulfide) groups is 1. The van der Waals surface area contributed by atoms with Crippen LogP contribution in [0.4, 0.5) is 0 Å². The van der Waals surface area contributed by atoms with Crippen molar-refractivity contribution < 1.29 is 5.11 Å². The van der Waals surface area contributed by atoms with Crippen molar-refractivity contribution in [3.8, 4) is 0 Å². The maximum Gasteiger partial charge on any atom is 0.0693 e. The SMILES string of the molecule is CSCCCC(O)C1CC(C)CCN1. The van der Waals surface area contributed by atoms with Crippen LogP contribution < -0.4 is 5.32 Å². The summed E-state index contributed by atoms with van der Waals surface area (Å²) >= 11 is 1.86. The largest absolute Gasteiger partial charge is 0.392 e. The minimum Gasteiger partial charge on any atom is -0.392 e. The fourth-order valence-electron chi connectivity index (χ4n) is 2.08. The van der Waals surface area contributed by atoms with E-state index in [1.54, 1.807) is 0 Å². The lowest BCUT2D eigenvalue weighted by Gasteiger charge is -2.31. The van der Waals surface area contributed by atoms with Gasteiger partial charge in [0.1, 0.15) is 0 Å². The molecule has 14 heavy (non-hydrogen) atoms. The molecular weight excluding hydrogens is 194 g/mol. The highest BCUT2D eigenvalue weighted by atomic mass is 32.2. The molecule has 84 valence electrons. The van der Waals surface area contributed by atoms with Crippen molar-refractivity contribution in [3.05, 3.63) is 0 Å². The lowest BCUT2D eigenvalue weighted by Crippen LogP contribution is -2.45. The van der Waals surface area contributed by atoms with E-state index in [4.69, 9.17) is 0 Å². The molecule has 1 aliphatic heterocycles. The normalized spacial score (nSPS) is 30.2. The van der Waals surface area contributed by atoms with Crippen LogP contribution >= 0.6 is 11.8 Å². The van der Waals surface area contributed by atoms with Crippen molar-refractivity contribution in [2.24, 2.45) is 5.92 Å². The zero-order valence-electron chi connectivity index (χ0n) is 9.33. The Morgan fingerprint density at radius 2 is 2.36 bits per heavy atom. The fraction of sp³-hybridized carbons (Fsp3) is 1.00. The van der Waals surface area contributed by atoms with E-state index in [1.165, 1.54) is 12.2 Å². The Morgan fingerprint density at radius 3 is 3.00 bits per heavy atom. The van der Waals surface area contributed by atoms with E-state index in [0.29, 0.717) is 6.04 Å². The molecule has 1 fully saturated rings. The molecule has 1 heterocycles. The number of aliphatic hydroxyl groups excluding tert-OH is 1. The maximum atomic E-state index is 9.95. The summed E-state index contributed by atoms with van der Waals surface area (Å²) < 4.78 is 0. The molecule has 0 aromatic heterocycles. The number of aliphatic hydroxyl groups is 1. The van der Waals surface area contributed by atoms with Gasteiger partial charge in [-0.05, 0) is 50.2 Å². The first-order valence-electron chi connectivity index (χ1n) is 5.64. The van der Waals surface area contributed by atoms with Crippen LogP contribution in [0, 0.1) is 5.92 Å². The summed E-state index contributed by atoms with van der Waals surface area (Å²) in [5.74, 6) is 1.94. The zero-order chi connectivity index (χ0) is 10.4. The van der Waals surface area contributed by atoms with Crippen molar-refractivity contribution >= 4 is 11.8 Å². The predicted molar refractivity (Wildman–Crippen MR) is 63.8 cm³/mol. The van der Waals surface area contributed by atoms with Crippen molar-refractivity contribution in [3.63, 3.8) is 0 Å². The predicted octanol–water partition coefficient (Wildman–Crippen LogP) is 1.88. The first-order valence-corrected chi connectivity index (χ1v) is 7.03. The number of hydrogen-bond donors (Lipinski definition) is 2. The highest BCUT2D eigenvalue weighted by Gasteiger charge is 2.24. The van der Waals surface area contributed by atoms with Crippen molar-refractivity contribution in [2.45, 2.75) is 44.8 Å². The van der Waals surface area contributed by atoms with Crippen LogP contribution in [0.25, 0.3) is 0 Å². The lowest BCUT2D eigenvalue weighted by atomic mass is 9.90. The molecule has 0 bridgehead atoms. The second-order valence-corrected chi connectivity index (χ2v) is 5.38. The molecule has 1 aliphatic rings. The monoisotopic (exact) mass is 217 g/mol. The van der Waals surface area contributed by atoms with Crippen molar-refractivity contribution in [1.29, 1.82) is 0 Å². The average Bonchev–Trinajstić information content (AvgIpc) is 2.18. The van der Waals surface area contributed by atoms with E-state index in [0.717, 1.165) is 31.7 Å². The van der Waals surface area contributed by atoms with Crippen LogP contribution in [0.2, 0.25) is 0 Å². The molecular formula is C11H23NOS. The topological polar surface area (TPSA) is 32.3 Å². The van der Waals surface area contributed by atoms with Crippen LogP contribution in [0.3, 0.4) is 0 Å². The molecule has 2 nitrogen and oxygen atoms in total. The lowest BCUT2D eigenvalue weighted by molar-refractivity contribution is 0.0931. The highest BCUT2D eigenvalue weighted by molar-refractivity contribution is 7.98. The Balaban J connectivity index is 2.18. The molecule has 0 aromatic carbocycles. The summed E-state index contributed by atoms with van der Waals surface area (Å²) in [6.07, 6.45) is 6.46. The molecule has 1 saturated heterocycles. The fourth-order valence-corrected chi connectivity index (χ4v) is 2.54. The summed E-state index contributed by atoms with van der Waals surface area (Å²) in [7, 11) is 0. The van der Waals surface area contributed by atoms with Gasteiger partial charge in [-0.1, -0.05) is 6.92 Å². The van der Waals surface area contributed by atoms with E-state index >= 15 is 0 Å². The Morgan fingerprint density at radius 1 is 1.57 bits per heavy atom. The van der Waals surface area contributed by atoms with Crippen molar-refractivity contribution in [1.82, 2.24) is 5.32 Å². The third-order valence-corrected chi connectivity index (χ3v) is 3.71. The van der Waals surface area contributed by atoms with E-state index in [-0.39, 0.29) is 6.10 Å². The first-order chi connectivity index (χ1) is 6.74. The third kappa shape index (κ3) is 4.20. The summed E-state index contributed by atoms with van der Waals surface area (Å²) in [6.45, 7) is 3.36. The average molecular weight is 217 g/mol. The molecule has 0 amide bonds. The van der Waals surface area contributed by atoms with Crippen LogP contribution in [0.15, 0.2) is 0 Å². The third-order valence-electron chi connectivity index (χ3n) is 3.01. The molecule has 2 N–H and O–H groups in total. The Labute approximate surface area is 91.9 Å². The van der Waals surface area contributed by atoms with Gasteiger partial charge in [0, 0.05) is 6.04 Å². The maximum absolute atomic E-state index is 9.95.